The van der Waals surface area contributed by atoms with Crippen molar-refractivity contribution >= 4 is 30.7 Å². The zero-order valence-corrected chi connectivity index (χ0v) is 15.5. The first-order valence-electron chi connectivity index (χ1n) is 8.11. The summed E-state index contributed by atoms with van der Waals surface area (Å²) in [7, 11) is 0. The largest absolute Gasteiger partial charge is 0.381 e. The predicted octanol–water partition coefficient (Wildman–Crippen LogP) is 1.51. The summed E-state index contributed by atoms with van der Waals surface area (Å²) in [6.07, 6.45) is 2.30. The van der Waals surface area contributed by atoms with Gasteiger partial charge in [0, 0.05) is 39.4 Å². The Morgan fingerprint density at radius 3 is 2.58 bits per heavy atom. The van der Waals surface area contributed by atoms with E-state index in [9.17, 15) is 4.79 Å². The number of hydrogen-bond acceptors (Lipinski definition) is 4. The van der Waals surface area contributed by atoms with E-state index in [4.69, 9.17) is 10.5 Å². The maximum Gasteiger partial charge on any atom is 0.240 e. The van der Waals surface area contributed by atoms with Crippen LogP contribution in [0.25, 0.3) is 0 Å². The first-order valence-corrected chi connectivity index (χ1v) is 8.11. The molecule has 0 atom stereocenters. The summed E-state index contributed by atoms with van der Waals surface area (Å²) < 4.78 is 5.28. The summed E-state index contributed by atoms with van der Waals surface area (Å²) in [5, 5.41) is 3.00. The third-order valence-corrected chi connectivity index (χ3v) is 4.76. The van der Waals surface area contributed by atoms with Gasteiger partial charge in [0.1, 0.15) is 0 Å². The van der Waals surface area contributed by atoms with Gasteiger partial charge in [-0.2, -0.15) is 0 Å². The highest BCUT2D eigenvalue weighted by atomic mass is 35.5. The second kappa shape index (κ2) is 9.59. The molecule has 2 heterocycles. The molecule has 1 fully saturated rings. The van der Waals surface area contributed by atoms with Crippen molar-refractivity contribution in [2.75, 3.05) is 32.8 Å². The van der Waals surface area contributed by atoms with E-state index in [-0.39, 0.29) is 30.7 Å². The van der Waals surface area contributed by atoms with Gasteiger partial charge < -0.3 is 15.8 Å². The van der Waals surface area contributed by atoms with Crippen molar-refractivity contribution in [2.45, 2.75) is 31.3 Å². The average molecular weight is 376 g/mol. The molecular formula is C17H27Cl2N3O2. The number of nitrogens with two attached hydrogens (primary N) is 1. The highest BCUT2D eigenvalue weighted by molar-refractivity contribution is 5.86. The molecule has 0 aromatic heterocycles. The zero-order chi connectivity index (χ0) is 15.4. The number of ether oxygens (including phenoxy) is 1. The number of carbonyl (C=O) groups excluding carboxylic acids is 1. The number of nitrogens with zero attached hydrogens (tertiary/aromatic N) is 1. The Balaban J connectivity index is 0.00000144. The fraction of sp³-hybridized carbons (Fsp3) is 0.588. The van der Waals surface area contributed by atoms with Crippen LogP contribution in [0, 0.1) is 0 Å². The molecule has 0 bridgehead atoms. The fourth-order valence-electron chi connectivity index (χ4n) is 3.21. The van der Waals surface area contributed by atoms with Crippen LogP contribution in [0.3, 0.4) is 0 Å². The maximum absolute atomic E-state index is 12.2. The molecule has 1 amide bonds. The van der Waals surface area contributed by atoms with Gasteiger partial charge in [0.25, 0.3) is 0 Å². The summed E-state index contributed by atoms with van der Waals surface area (Å²) in [6, 6.07) is 8.59. The van der Waals surface area contributed by atoms with E-state index in [0.717, 1.165) is 26.1 Å². The van der Waals surface area contributed by atoms with E-state index in [1.54, 1.807) is 0 Å². The van der Waals surface area contributed by atoms with E-state index in [1.165, 1.54) is 11.1 Å². The van der Waals surface area contributed by atoms with Crippen molar-refractivity contribution in [3.05, 3.63) is 35.4 Å². The van der Waals surface area contributed by atoms with Gasteiger partial charge in [-0.15, -0.1) is 24.8 Å². The minimum Gasteiger partial charge on any atom is -0.381 e. The number of rotatable bonds is 4. The van der Waals surface area contributed by atoms with Gasteiger partial charge in [0.05, 0.1) is 5.54 Å². The van der Waals surface area contributed by atoms with E-state index in [2.05, 4.69) is 34.5 Å². The molecule has 2 aliphatic rings. The monoisotopic (exact) mass is 375 g/mol. The lowest BCUT2D eigenvalue weighted by atomic mass is 9.90. The van der Waals surface area contributed by atoms with Gasteiger partial charge in [-0.1, -0.05) is 24.3 Å². The summed E-state index contributed by atoms with van der Waals surface area (Å²) >= 11 is 0. The van der Waals surface area contributed by atoms with Gasteiger partial charge in [0.15, 0.2) is 0 Å². The van der Waals surface area contributed by atoms with Crippen LogP contribution < -0.4 is 11.1 Å². The lowest BCUT2D eigenvalue weighted by molar-refractivity contribution is -0.129. The summed E-state index contributed by atoms with van der Waals surface area (Å²) in [6.45, 7) is 4.69. The van der Waals surface area contributed by atoms with E-state index in [0.29, 0.717) is 32.6 Å². The molecule has 5 nitrogen and oxygen atoms in total. The van der Waals surface area contributed by atoms with E-state index in [1.807, 2.05) is 0 Å². The topological polar surface area (TPSA) is 67.6 Å². The van der Waals surface area contributed by atoms with Gasteiger partial charge in [-0.3, -0.25) is 9.69 Å². The number of halogens is 2. The third kappa shape index (κ3) is 5.07. The Morgan fingerprint density at radius 1 is 1.21 bits per heavy atom. The Kier molecular flexibility index (Phi) is 8.46. The van der Waals surface area contributed by atoms with Gasteiger partial charge in [0.2, 0.25) is 5.91 Å². The molecule has 1 aromatic rings. The molecule has 1 aromatic carbocycles. The van der Waals surface area contributed by atoms with Crippen molar-refractivity contribution in [3.8, 4) is 0 Å². The standard InChI is InChI=1S/C17H25N3O2.2ClH/c18-17(6-11-22-12-7-17)16(21)19-8-10-20-9-5-14-3-1-2-4-15(14)13-20;;/h1-4H,5-13,18H2,(H,19,21);2*1H. The molecule has 0 radical (unpaired) electrons. The van der Waals surface area contributed by atoms with Gasteiger partial charge in [-0.05, 0) is 30.4 Å². The first-order chi connectivity index (χ1) is 10.7. The van der Waals surface area contributed by atoms with Crippen LogP contribution in [0.15, 0.2) is 24.3 Å². The smallest absolute Gasteiger partial charge is 0.240 e. The SMILES string of the molecule is Cl.Cl.NC1(C(=O)NCCN2CCc3ccccc3C2)CCOCC1. The minimum atomic E-state index is -0.743. The van der Waals surface area contributed by atoms with Crippen molar-refractivity contribution in [3.63, 3.8) is 0 Å². The fourth-order valence-corrected chi connectivity index (χ4v) is 3.21. The lowest BCUT2D eigenvalue weighted by Crippen LogP contribution is -2.57. The minimum absolute atomic E-state index is 0. The van der Waals surface area contributed by atoms with Crippen molar-refractivity contribution in [1.82, 2.24) is 10.2 Å². The van der Waals surface area contributed by atoms with E-state index >= 15 is 0 Å². The predicted molar refractivity (Wildman–Crippen MR) is 99.9 cm³/mol. The Hall–Kier alpha value is -0.850. The molecule has 136 valence electrons. The highest BCUT2D eigenvalue weighted by Crippen LogP contribution is 2.19. The second-order valence-electron chi connectivity index (χ2n) is 6.32. The van der Waals surface area contributed by atoms with Crippen molar-refractivity contribution in [2.24, 2.45) is 5.73 Å². The number of amides is 1. The molecule has 0 aliphatic carbocycles. The number of nitrogens with one attached hydrogen (secondary N) is 1. The molecular weight excluding hydrogens is 349 g/mol. The van der Waals surface area contributed by atoms with Crippen LogP contribution in [0.5, 0.6) is 0 Å². The number of carbonyl (C=O) groups is 1. The Bertz CT molecular complexity index is 536. The van der Waals surface area contributed by atoms with Gasteiger partial charge >= 0.3 is 0 Å². The van der Waals surface area contributed by atoms with Crippen LogP contribution >= 0.6 is 24.8 Å². The molecule has 7 heteroatoms. The molecule has 1 saturated heterocycles. The Labute approximate surface area is 156 Å². The first kappa shape index (κ1) is 21.2. The summed E-state index contributed by atoms with van der Waals surface area (Å²) in [4.78, 5) is 14.6. The quantitative estimate of drug-likeness (QED) is 0.836. The Morgan fingerprint density at radius 2 is 1.88 bits per heavy atom. The molecule has 3 rings (SSSR count). The van der Waals surface area contributed by atoms with Crippen LogP contribution in [-0.2, 0) is 22.5 Å². The van der Waals surface area contributed by atoms with Crippen LogP contribution in [-0.4, -0.2) is 49.2 Å². The van der Waals surface area contributed by atoms with Crippen LogP contribution in [0.4, 0.5) is 0 Å². The van der Waals surface area contributed by atoms with Gasteiger partial charge in [-0.25, -0.2) is 0 Å². The number of fused-ring (bicyclic) bond motifs is 1. The summed E-state index contributed by atoms with van der Waals surface area (Å²) in [5.74, 6) is -0.0341. The number of benzene rings is 1. The van der Waals surface area contributed by atoms with Crippen LogP contribution in [0.2, 0.25) is 0 Å². The normalized spacial score (nSPS) is 19.4. The molecule has 0 saturated carbocycles. The number of hydrogen-bond donors (Lipinski definition) is 2. The average Bonchev–Trinajstić information content (AvgIpc) is 2.55. The zero-order valence-electron chi connectivity index (χ0n) is 13.8. The van der Waals surface area contributed by atoms with Crippen molar-refractivity contribution < 1.29 is 9.53 Å². The molecule has 3 N–H and O–H groups in total. The van der Waals surface area contributed by atoms with E-state index < -0.39 is 5.54 Å². The van der Waals surface area contributed by atoms with Crippen molar-refractivity contribution in [1.29, 1.82) is 0 Å². The molecule has 2 aliphatic heterocycles. The summed E-state index contributed by atoms with van der Waals surface area (Å²) in [5.41, 5.74) is 8.29. The lowest BCUT2D eigenvalue weighted by Gasteiger charge is -2.33. The highest BCUT2D eigenvalue weighted by Gasteiger charge is 2.35. The molecule has 24 heavy (non-hydrogen) atoms. The third-order valence-electron chi connectivity index (χ3n) is 4.76. The molecule has 0 spiro atoms. The molecule has 0 unspecified atom stereocenters. The second-order valence-corrected chi connectivity index (χ2v) is 6.32. The van der Waals surface area contributed by atoms with Crippen LogP contribution in [0.1, 0.15) is 24.0 Å². The maximum atomic E-state index is 12.2.